The SMILES string of the molecule is Cn1cc(/C=C2/SC(=Nc3ccc(Cl)c(C(F)(F)F)c3)NC2=O)c2ccccc21. The molecule has 1 aliphatic rings. The van der Waals surface area contributed by atoms with E-state index in [0.717, 1.165) is 40.4 Å². The summed E-state index contributed by atoms with van der Waals surface area (Å²) in [6.07, 6.45) is -0.928. The number of aryl methyl sites for hydroxylation is 1. The zero-order chi connectivity index (χ0) is 20.8. The molecule has 0 bridgehead atoms. The van der Waals surface area contributed by atoms with Gasteiger partial charge in [0.2, 0.25) is 0 Å². The third kappa shape index (κ3) is 3.90. The Balaban J connectivity index is 1.65. The van der Waals surface area contributed by atoms with E-state index in [0.29, 0.717) is 4.91 Å². The molecule has 1 aromatic heterocycles. The summed E-state index contributed by atoms with van der Waals surface area (Å²) in [6.45, 7) is 0. The van der Waals surface area contributed by atoms with Crippen LogP contribution in [0.3, 0.4) is 0 Å². The van der Waals surface area contributed by atoms with E-state index in [1.165, 1.54) is 6.07 Å². The average Bonchev–Trinajstić information content (AvgIpc) is 3.16. The van der Waals surface area contributed by atoms with Gasteiger partial charge in [-0.25, -0.2) is 4.99 Å². The minimum atomic E-state index is -4.58. The molecule has 0 radical (unpaired) electrons. The first-order chi connectivity index (χ1) is 13.7. The summed E-state index contributed by atoms with van der Waals surface area (Å²) in [6, 6.07) is 11.1. The molecule has 4 rings (SSSR count). The summed E-state index contributed by atoms with van der Waals surface area (Å²) in [5, 5.41) is 3.38. The van der Waals surface area contributed by atoms with Gasteiger partial charge in [0.1, 0.15) is 0 Å². The molecule has 148 valence electrons. The van der Waals surface area contributed by atoms with E-state index in [2.05, 4.69) is 10.3 Å². The highest BCUT2D eigenvalue weighted by molar-refractivity contribution is 8.18. The summed E-state index contributed by atoms with van der Waals surface area (Å²) >= 11 is 6.70. The van der Waals surface area contributed by atoms with Crippen molar-refractivity contribution in [3.05, 3.63) is 69.7 Å². The number of halogens is 4. The van der Waals surface area contributed by atoms with Crippen LogP contribution in [-0.4, -0.2) is 15.6 Å². The van der Waals surface area contributed by atoms with Crippen molar-refractivity contribution in [2.75, 3.05) is 0 Å². The number of nitrogens with one attached hydrogen (secondary N) is 1. The van der Waals surface area contributed by atoms with Crippen LogP contribution in [0.1, 0.15) is 11.1 Å². The number of rotatable bonds is 2. The molecule has 2 aromatic carbocycles. The van der Waals surface area contributed by atoms with Gasteiger partial charge in [-0.15, -0.1) is 0 Å². The van der Waals surface area contributed by atoms with Crippen molar-refractivity contribution in [3.8, 4) is 0 Å². The van der Waals surface area contributed by atoms with Gasteiger partial charge in [-0.3, -0.25) is 4.79 Å². The molecule has 9 heteroatoms. The number of fused-ring (bicyclic) bond motifs is 1. The summed E-state index contributed by atoms with van der Waals surface area (Å²) < 4.78 is 41.0. The largest absolute Gasteiger partial charge is 0.417 e. The quantitative estimate of drug-likeness (QED) is 0.521. The Hall–Kier alpha value is -2.71. The summed E-state index contributed by atoms with van der Waals surface area (Å²) in [4.78, 5) is 16.8. The molecule has 29 heavy (non-hydrogen) atoms. The zero-order valence-electron chi connectivity index (χ0n) is 14.9. The van der Waals surface area contributed by atoms with E-state index in [-0.39, 0.29) is 16.8 Å². The van der Waals surface area contributed by atoms with E-state index in [1.54, 1.807) is 6.08 Å². The topological polar surface area (TPSA) is 46.4 Å². The molecule has 4 nitrogen and oxygen atoms in total. The smallest absolute Gasteiger partial charge is 0.350 e. The molecule has 0 atom stereocenters. The van der Waals surface area contributed by atoms with Gasteiger partial charge in [0.15, 0.2) is 5.17 Å². The van der Waals surface area contributed by atoms with Crippen LogP contribution in [0.2, 0.25) is 5.02 Å². The molecular formula is C20H13ClF3N3OS. The molecule has 0 spiro atoms. The van der Waals surface area contributed by atoms with Crippen LogP contribution in [0.5, 0.6) is 0 Å². The number of hydrogen-bond acceptors (Lipinski definition) is 3. The van der Waals surface area contributed by atoms with E-state index in [1.807, 2.05) is 42.1 Å². The monoisotopic (exact) mass is 435 g/mol. The molecule has 0 saturated carbocycles. The first-order valence-electron chi connectivity index (χ1n) is 8.43. The van der Waals surface area contributed by atoms with E-state index in [9.17, 15) is 18.0 Å². The first kappa shape index (κ1) is 19.6. The lowest BCUT2D eigenvalue weighted by molar-refractivity contribution is -0.137. The molecule has 1 fully saturated rings. The number of thioether (sulfide) groups is 1. The Labute approximate surface area is 173 Å². The van der Waals surface area contributed by atoms with Crippen molar-refractivity contribution in [2.45, 2.75) is 6.18 Å². The van der Waals surface area contributed by atoms with Gasteiger partial charge in [0.25, 0.3) is 5.91 Å². The second-order valence-electron chi connectivity index (χ2n) is 6.36. The number of alkyl halides is 3. The number of amidine groups is 1. The number of para-hydroxylation sites is 1. The lowest BCUT2D eigenvalue weighted by Gasteiger charge is -2.09. The molecule has 1 N–H and O–H groups in total. The fraction of sp³-hybridized carbons (Fsp3) is 0.100. The molecule has 0 aliphatic carbocycles. The van der Waals surface area contributed by atoms with Gasteiger partial charge < -0.3 is 9.88 Å². The minimum absolute atomic E-state index is 0.0518. The minimum Gasteiger partial charge on any atom is -0.350 e. The Kier molecular flexibility index (Phi) is 4.92. The lowest BCUT2D eigenvalue weighted by Crippen LogP contribution is -2.19. The van der Waals surface area contributed by atoms with Crippen LogP contribution in [0.25, 0.3) is 17.0 Å². The molecule has 1 saturated heterocycles. The standard InChI is InChI=1S/C20H13ClF3N3OS/c1-27-10-11(13-4-2-3-5-16(13)27)8-17-18(28)26-19(29-17)25-12-6-7-15(21)14(9-12)20(22,23)24/h2-10H,1H3,(H,25,26,28)/b17-8+. The Morgan fingerprint density at radius 2 is 1.97 bits per heavy atom. The number of nitrogens with zero attached hydrogens (tertiary/aromatic N) is 2. The highest BCUT2D eigenvalue weighted by Crippen LogP contribution is 2.37. The second kappa shape index (κ2) is 7.27. The van der Waals surface area contributed by atoms with E-state index >= 15 is 0 Å². The fourth-order valence-electron chi connectivity index (χ4n) is 3.03. The first-order valence-corrected chi connectivity index (χ1v) is 9.62. The van der Waals surface area contributed by atoms with Gasteiger partial charge in [-0.2, -0.15) is 13.2 Å². The van der Waals surface area contributed by atoms with Crippen molar-refractivity contribution in [2.24, 2.45) is 12.0 Å². The molecule has 1 aliphatic heterocycles. The third-order valence-corrected chi connectivity index (χ3v) is 5.59. The van der Waals surface area contributed by atoms with Crippen LogP contribution >= 0.6 is 23.4 Å². The number of hydrogen-bond donors (Lipinski definition) is 1. The highest BCUT2D eigenvalue weighted by Gasteiger charge is 2.33. The van der Waals surface area contributed by atoms with Crippen molar-refractivity contribution in [1.82, 2.24) is 9.88 Å². The number of carbonyl (C=O) groups excluding carboxylic acids is 1. The number of benzene rings is 2. The van der Waals surface area contributed by atoms with Crippen LogP contribution < -0.4 is 5.32 Å². The van der Waals surface area contributed by atoms with Gasteiger partial charge in [0, 0.05) is 29.7 Å². The molecular weight excluding hydrogens is 423 g/mol. The van der Waals surface area contributed by atoms with E-state index < -0.39 is 16.8 Å². The lowest BCUT2D eigenvalue weighted by atomic mass is 10.1. The van der Waals surface area contributed by atoms with Gasteiger partial charge >= 0.3 is 6.18 Å². The Morgan fingerprint density at radius 3 is 2.72 bits per heavy atom. The fourth-order valence-corrected chi connectivity index (χ4v) is 4.08. The van der Waals surface area contributed by atoms with Gasteiger partial charge in [-0.05, 0) is 42.1 Å². The second-order valence-corrected chi connectivity index (χ2v) is 7.79. The predicted molar refractivity (Wildman–Crippen MR) is 110 cm³/mol. The maximum atomic E-state index is 13.0. The number of amides is 1. The van der Waals surface area contributed by atoms with Crippen LogP contribution in [0, 0.1) is 0 Å². The normalized spacial score (nSPS) is 17.5. The number of aromatic nitrogens is 1. The highest BCUT2D eigenvalue weighted by atomic mass is 35.5. The van der Waals surface area contributed by atoms with Crippen LogP contribution in [-0.2, 0) is 18.0 Å². The Morgan fingerprint density at radius 1 is 1.21 bits per heavy atom. The zero-order valence-corrected chi connectivity index (χ0v) is 16.5. The van der Waals surface area contributed by atoms with Crippen molar-refractivity contribution >= 4 is 57.1 Å². The maximum absolute atomic E-state index is 13.0. The summed E-state index contributed by atoms with van der Waals surface area (Å²) in [5.41, 5.74) is 0.975. The van der Waals surface area contributed by atoms with Gasteiger partial charge in [-0.1, -0.05) is 29.8 Å². The van der Waals surface area contributed by atoms with E-state index in [4.69, 9.17) is 11.6 Å². The number of carbonyl (C=O) groups is 1. The third-order valence-electron chi connectivity index (χ3n) is 4.35. The average molecular weight is 436 g/mol. The molecule has 1 amide bonds. The predicted octanol–water partition coefficient (Wildman–Crippen LogP) is 5.74. The number of aliphatic imine (C=N–C) groups is 1. The van der Waals surface area contributed by atoms with Gasteiger partial charge in [0.05, 0.1) is 21.2 Å². The molecule has 3 aromatic rings. The van der Waals surface area contributed by atoms with Crippen LogP contribution in [0.4, 0.5) is 18.9 Å². The summed E-state index contributed by atoms with van der Waals surface area (Å²) in [5.74, 6) is -0.355. The molecule has 2 heterocycles. The van der Waals surface area contributed by atoms with Crippen molar-refractivity contribution in [1.29, 1.82) is 0 Å². The Bertz CT molecular complexity index is 1200. The van der Waals surface area contributed by atoms with Crippen molar-refractivity contribution < 1.29 is 18.0 Å². The van der Waals surface area contributed by atoms with Crippen LogP contribution in [0.15, 0.2) is 58.6 Å². The van der Waals surface area contributed by atoms with Crippen molar-refractivity contribution in [3.63, 3.8) is 0 Å². The molecule has 0 unspecified atom stereocenters. The summed E-state index contributed by atoms with van der Waals surface area (Å²) in [7, 11) is 1.91. The maximum Gasteiger partial charge on any atom is 0.417 e.